The summed E-state index contributed by atoms with van der Waals surface area (Å²) >= 11 is 3.81. The van der Waals surface area contributed by atoms with Crippen LogP contribution in [0.4, 0.5) is 0 Å². The van der Waals surface area contributed by atoms with E-state index in [0.29, 0.717) is 0 Å². The van der Waals surface area contributed by atoms with Gasteiger partial charge in [-0.2, -0.15) is 12.6 Å². The Morgan fingerprint density at radius 1 is 1.25 bits per heavy atom. The number of hydrogen-bond acceptors (Lipinski definition) is 5. The lowest BCUT2D eigenvalue weighted by atomic mass is 10.0. The third-order valence-corrected chi connectivity index (χ3v) is 2.29. The number of carboxylic acids is 3. The summed E-state index contributed by atoms with van der Waals surface area (Å²) in [6.07, 6.45) is 0.0224. The molecule has 0 aliphatic rings. The largest absolute Gasteiger partial charge is 0.480 e. The van der Waals surface area contributed by atoms with Crippen LogP contribution in [0.15, 0.2) is 0 Å². The summed E-state index contributed by atoms with van der Waals surface area (Å²) in [7, 11) is 0. The maximum absolute atomic E-state index is 10.8. The fraction of sp³-hybridized carbons (Fsp3) is 0.625. The Labute approximate surface area is 96.9 Å². The minimum atomic E-state index is -2.33. The van der Waals surface area contributed by atoms with Gasteiger partial charge in [-0.25, -0.2) is 9.59 Å². The summed E-state index contributed by atoms with van der Waals surface area (Å²) < 4.78 is 0. The highest BCUT2D eigenvalue weighted by Gasteiger charge is 2.44. The Morgan fingerprint density at radius 3 is 1.94 bits per heavy atom. The van der Waals surface area contributed by atoms with Crippen molar-refractivity contribution in [3.05, 3.63) is 0 Å². The summed E-state index contributed by atoms with van der Waals surface area (Å²) in [5, 5.41) is 28.3. The highest BCUT2D eigenvalue weighted by atomic mass is 32.1. The third kappa shape index (κ3) is 3.38. The smallest absolute Gasteiger partial charge is 0.335 e. The van der Waals surface area contributed by atoms with E-state index in [2.05, 4.69) is 17.9 Å². The van der Waals surface area contributed by atoms with Crippen LogP contribution in [0, 0.1) is 0 Å². The molecule has 1 atom stereocenters. The zero-order valence-electron chi connectivity index (χ0n) is 8.51. The second-order valence-electron chi connectivity index (χ2n) is 3.28. The number of aliphatic carboxylic acids is 3. The number of carbonyl (C=O) groups is 3. The molecule has 0 bridgehead atoms. The lowest BCUT2D eigenvalue weighted by Gasteiger charge is -2.25. The number of carboxylic acid groups (broad SMARTS) is 3. The van der Waals surface area contributed by atoms with Gasteiger partial charge in [-0.1, -0.05) is 0 Å². The summed E-state index contributed by atoms with van der Waals surface area (Å²) in [6, 6.07) is -1.27. The Bertz CT molecular complexity index is 291. The summed E-state index contributed by atoms with van der Waals surface area (Å²) in [4.78, 5) is 32.3. The molecule has 0 saturated carbocycles. The van der Waals surface area contributed by atoms with Gasteiger partial charge in [-0.15, -0.1) is 0 Å². The van der Waals surface area contributed by atoms with Gasteiger partial charge >= 0.3 is 17.9 Å². The van der Waals surface area contributed by atoms with Crippen LogP contribution in [0.25, 0.3) is 0 Å². The Balaban J connectivity index is 4.92. The van der Waals surface area contributed by atoms with Crippen molar-refractivity contribution in [2.24, 2.45) is 0 Å². The molecule has 7 nitrogen and oxygen atoms in total. The number of nitrogens with one attached hydrogen (secondary N) is 1. The fourth-order valence-corrected chi connectivity index (χ4v) is 1.21. The second kappa shape index (κ2) is 5.71. The van der Waals surface area contributed by atoms with Gasteiger partial charge in [-0.3, -0.25) is 10.1 Å². The average molecular weight is 251 g/mol. The minimum Gasteiger partial charge on any atom is -0.480 e. The first-order chi connectivity index (χ1) is 7.25. The van der Waals surface area contributed by atoms with E-state index in [1.165, 1.54) is 0 Å². The van der Waals surface area contributed by atoms with Gasteiger partial charge in [0.15, 0.2) is 0 Å². The highest BCUT2D eigenvalue weighted by Crippen LogP contribution is 2.08. The molecule has 0 spiro atoms. The van der Waals surface area contributed by atoms with Crippen molar-refractivity contribution in [3.63, 3.8) is 0 Å². The zero-order chi connectivity index (χ0) is 12.9. The predicted molar refractivity (Wildman–Crippen MR) is 56.7 cm³/mol. The zero-order valence-corrected chi connectivity index (χ0v) is 9.40. The standard InChI is InChI=1S/C8H13NO6S/c1-8(6(12)13,7(14)15)9-4(2-3-16)5(10)11/h4,9,16H,2-3H2,1H3,(H,10,11)(H,12,13)(H,14,15). The van der Waals surface area contributed by atoms with E-state index < -0.39 is 29.5 Å². The first kappa shape index (κ1) is 14.7. The van der Waals surface area contributed by atoms with Crippen molar-refractivity contribution >= 4 is 30.5 Å². The van der Waals surface area contributed by atoms with Gasteiger partial charge in [0.1, 0.15) is 6.04 Å². The van der Waals surface area contributed by atoms with Crippen molar-refractivity contribution in [2.45, 2.75) is 24.9 Å². The Hall–Kier alpha value is -1.28. The number of rotatable bonds is 7. The maximum Gasteiger partial charge on any atom is 0.335 e. The molecule has 0 aliphatic carbocycles. The van der Waals surface area contributed by atoms with Crippen LogP contribution in [-0.4, -0.2) is 50.6 Å². The molecular weight excluding hydrogens is 238 g/mol. The van der Waals surface area contributed by atoms with E-state index in [1.807, 2.05) is 0 Å². The predicted octanol–water partition coefficient (Wildman–Crippen LogP) is -0.723. The molecule has 0 fully saturated rings. The third-order valence-electron chi connectivity index (χ3n) is 2.03. The van der Waals surface area contributed by atoms with E-state index in [9.17, 15) is 14.4 Å². The van der Waals surface area contributed by atoms with Crippen molar-refractivity contribution in [2.75, 3.05) is 5.75 Å². The molecule has 0 aliphatic heterocycles. The van der Waals surface area contributed by atoms with Gasteiger partial charge in [0.25, 0.3) is 0 Å². The molecule has 0 heterocycles. The monoisotopic (exact) mass is 251 g/mol. The summed E-state index contributed by atoms with van der Waals surface area (Å²) in [5.74, 6) is -4.42. The van der Waals surface area contributed by atoms with Crippen molar-refractivity contribution < 1.29 is 29.7 Å². The van der Waals surface area contributed by atoms with E-state index >= 15 is 0 Å². The van der Waals surface area contributed by atoms with Gasteiger partial charge < -0.3 is 15.3 Å². The Kier molecular flexibility index (Phi) is 5.25. The molecule has 92 valence electrons. The van der Waals surface area contributed by atoms with E-state index in [-0.39, 0.29) is 12.2 Å². The molecule has 0 aromatic heterocycles. The maximum atomic E-state index is 10.8. The SMILES string of the molecule is CC(NC(CCS)C(=O)O)(C(=O)O)C(=O)O. The van der Waals surface area contributed by atoms with E-state index in [1.54, 1.807) is 0 Å². The molecule has 8 heteroatoms. The van der Waals surface area contributed by atoms with Crippen LogP contribution >= 0.6 is 12.6 Å². The molecule has 4 N–H and O–H groups in total. The quantitative estimate of drug-likeness (QED) is 0.298. The molecule has 0 amide bonds. The van der Waals surface area contributed by atoms with Gasteiger partial charge in [0, 0.05) is 0 Å². The topological polar surface area (TPSA) is 124 Å². The average Bonchev–Trinajstić information content (AvgIpc) is 2.15. The first-order valence-electron chi connectivity index (χ1n) is 4.34. The van der Waals surface area contributed by atoms with Gasteiger partial charge in [0.2, 0.25) is 5.54 Å². The molecule has 1 unspecified atom stereocenters. The van der Waals surface area contributed by atoms with Gasteiger partial charge in [0.05, 0.1) is 0 Å². The molecular formula is C8H13NO6S. The summed E-state index contributed by atoms with van der Waals surface area (Å²) in [5.41, 5.74) is -2.33. The lowest BCUT2D eigenvalue weighted by molar-refractivity contribution is -0.159. The molecule has 0 aromatic rings. The van der Waals surface area contributed by atoms with Crippen molar-refractivity contribution in [1.82, 2.24) is 5.32 Å². The van der Waals surface area contributed by atoms with Crippen LogP contribution in [0.5, 0.6) is 0 Å². The van der Waals surface area contributed by atoms with Crippen LogP contribution in [0.3, 0.4) is 0 Å². The lowest BCUT2D eigenvalue weighted by Crippen LogP contribution is -2.61. The van der Waals surface area contributed by atoms with Gasteiger partial charge in [-0.05, 0) is 19.1 Å². The minimum absolute atomic E-state index is 0.0224. The van der Waals surface area contributed by atoms with E-state index in [0.717, 1.165) is 6.92 Å². The van der Waals surface area contributed by atoms with Crippen molar-refractivity contribution in [1.29, 1.82) is 0 Å². The van der Waals surface area contributed by atoms with Crippen LogP contribution in [0.1, 0.15) is 13.3 Å². The second-order valence-corrected chi connectivity index (χ2v) is 3.73. The first-order valence-corrected chi connectivity index (χ1v) is 4.97. The molecule has 0 saturated heterocycles. The van der Waals surface area contributed by atoms with Crippen LogP contribution < -0.4 is 5.32 Å². The number of hydrogen-bond donors (Lipinski definition) is 5. The molecule has 16 heavy (non-hydrogen) atoms. The van der Waals surface area contributed by atoms with Crippen LogP contribution in [-0.2, 0) is 14.4 Å². The highest BCUT2D eigenvalue weighted by molar-refractivity contribution is 7.80. The normalized spacial score (nSPS) is 13.1. The molecule has 0 radical (unpaired) electrons. The van der Waals surface area contributed by atoms with E-state index in [4.69, 9.17) is 15.3 Å². The summed E-state index contributed by atoms with van der Waals surface area (Å²) in [6.45, 7) is 0.895. The van der Waals surface area contributed by atoms with Crippen molar-refractivity contribution in [3.8, 4) is 0 Å². The molecule has 0 aromatic carbocycles. The van der Waals surface area contributed by atoms with Crippen LogP contribution in [0.2, 0.25) is 0 Å². The molecule has 0 rings (SSSR count). The Morgan fingerprint density at radius 2 is 1.69 bits per heavy atom. The fourth-order valence-electron chi connectivity index (χ4n) is 0.950. The number of thiol groups is 1.